The molecule has 0 fully saturated rings. The van der Waals surface area contributed by atoms with Crippen molar-refractivity contribution in [1.29, 1.82) is 0 Å². The first-order chi connectivity index (χ1) is 16.0. The van der Waals surface area contributed by atoms with Crippen LogP contribution in [0, 0.1) is 0 Å². The standard InChI is InChI=1S/C24H18N2O7.K/c1-2-30-23(28)15-10-18(26-22(27)13-6-4-3-5-7-13)24(29)33-21(15)17-8-14-9-19-20(32-12-31-19)11-16(14)25-17;/h3-11,28H,2,12H2,1H3,(H,26,27);/q;+1/p-1/b21-17-,23-15+;. The van der Waals surface area contributed by atoms with E-state index in [1.807, 2.05) is 0 Å². The molecule has 34 heavy (non-hydrogen) atoms. The van der Waals surface area contributed by atoms with Gasteiger partial charge >= 0.3 is 57.0 Å². The van der Waals surface area contributed by atoms with E-state index in [9.17, 15) is 14.7 Å². The Hall–Kier alpha value is -2.89. The number of benzene rings is 2. The maximum atomic E-state index is 12.7. The largest absolute Gasteiger partial charge is 1.00 e. The average Bonchev–Trinajstić information content (AvgIpc) is 3.45. The molecule has 5 rings (SSSR count). The molecular formula is C24H17KN2O7. The van der Waals surface area contributed by atoms with E-state index in [0.29, 0.717) is 27.6 Å². The molecule has 1 N–H and O–H groups in total. The summed E-state index contributed by atoms with van der Waals surface area (Å²) in [5, 5.41) is 16.4. The molecule has 3 heterocycles. The summed E-state index contributed by atoms with van der Waals surface area (Å²) in [6.07, 6.45) is 1.67. The van der Waals surface area contributed by atoms with E-state index in [1.54, 1.807) is 55.5 Å². The monoisotopic (exact) mass is 484 g/mol. The number of nitrogens with zero attached hydrogens (tertiary/aromatic N) is 1. The fourth-order valence-electron chi connectivity index (χ4n) is 3.48. The third-order valence-corrected chi connectivity index (χ3v) is 5.02. The van der Waals surface area contributed by atoms with Crippen molar-refractivity contribution in [1.82, 2.24) is 0 Å². The maximum absolute atomic E-state index is 12.7. The summed E-state index contributed by atoms with van der Waals surface area (Å²) in [6.45, 7) is 1.90. The van der Waals surface area contributed by atoms with Crippen LogP contribution >= 0.6 is 0 Å². The predicted molar refractivity (Wildman–Crippen MR) is 115 cm³/mol. The second kappa shape index (κ2) is 10.2. The minimum absolute atomic E-state index is 0. The summed E-state index contributed by atoms with van der Waals surface area (Å²) in [5.74, 6) is -0.101. The Morgan fingerprint density at radius 2 is 1.88 bits per heavy atom. The summed E-state index contributed by atoms with van der Waals surface area (Å²) in [6, 6.07) is 13.1. The van der Waals surface area contributed by atoms with Crippen molar-refractivity contribution < 1.29 is 79.9 Å². The van der Waals surface area contributed by atoms with Crippen molar-refractivity contribution in [2.24, 2.45) is 4.99 Å². The molecule has 0 aliphatic carbocycles. The Morgan fingerprint density at radius 3 is 2.62 bits per heavy atom. The Balaban J connectivity index is 0.00000274. The van der Waals surface area contributed by atoms with Gasteiger partial charge in [-0.2, -0.15) is 0 Å². The molecule has 3 aromatic rings. The van der Waals surface area contributed by atoms with Gasteiger partial charge in [-0.3, -0.25) is 4.79 Å². The molecule has 2 aliphatic rings. The molecule has 0 saturated heterocycles. The first-order valence-corrected chi connectivity index (χ1v) is 10.1. The second-order valence-electron chi connectivity index (χ2n) is 7.14. The number of carbonyl (C=O) groups excluding carboxylic acids is 1. The van der Waals surface area contributed by atoms with E-state index in [4.69, 9.17) is 18.6 Å². The van der Waals surface area contributed by atoms with Crippen LogP contribution in [0.15, 0.2) is 62.7 Å². The van der Waals surface area contributed by atoms with Gasteiger partial charge in [0.05, 0.1) is 11.3 Å². The van der Waals surface area contributed by atoms with Crippen molar-refractivity contribution in [2.75, 3.05) is 18.7 Å². The first-order valence-electron chi connectivity index (χ1n) is 10.1. The van der Waals surface area contributed by atoms with Gasteiger partial charge in [-0.1, -0.05) is 25.1 Å². The van der Waals surface area contributed by atoms with Crippen molar-refractivity contribution >= 4 is 29.3 Å². The number of rotatable bonds is 4. The van der Waals surface area contributed by atoms with Crippen molar-refractivity contribution in [3.05, 3.63) is 85.7 Å². The van der Waals surface area contributed by atoms with Gasteiger partial charge in [0.25, 0.3) is 5.91 Å². The van der Waals surface area contributed by atoms with E-state index in [0.717, 1.165) is 0 Å². The predicted octanol–water partition coefficient (Wildman–Crippen LogP) is -3.69. The molecule has 0 atom stereocenters. The third-order valence-electron chi connectivity index (χ3n) is 5.02. The number of anilines is 1. The number of ether oxygens (including phenoxy) is 3. The number of amides is 1. The Kier molecular flexibility index (Phi) is 7.24. The van der Waals surface area contributed by atoms with Gasteiger partial charge in [-0.25, -0.2) is 9.79 Å². The first kappa shape index (κ1) is 24.2. The molecule has 0 bridgehead atoms. The van der Waals surface area contributed by atoms with E-state index in [1.165, 1.54) is 6.07 Å². The Morgan fingerprint density at radius 1 is 1.15 bits per heavy atom. The molecular weight excluding hydrogens is 467 g/mol. The Labute approximate surface area is 235 Å². The summed E-state index contributed by atoms with van der Waals surface area (Å²) >= 11 is 0. The van der Waals surface area contributed by atoms with Gasteiger partial charge in [-0.05, 0) is 36.9 Å². The molecule has 9 nitrogen and oxygen atoms in total. The molecule has 1 amide bonds. The van der Waals surface area contributed by atoms with Crippen molar-refractivity contribution in [3.8, 4) is 11.5 Å². The number of hydrogen-bond donors (Lipinski definition) is 1. The average molecular weight is 485 g/mol. The van der Waals surface area contributed by atoms with Crippen LogP contribution in [0.25, 0.3) is 17.7 Å². The van der Waals surface area contributed by atoms with E-state index in [-0.39, 0.29) is 86.8 Å². The molecule has 2 aliphatic heterocycles. The molecule has 0 radical (unpaired) electrons. The zero-order valence-corrected chi connectivity index (χ0v) is 21.5. The van der Waals surface area contributed by atoms with Crippen molar-refractivity contribution in [3.63, 3.8) is 0 Å². The summed E-state index contributed by atoms with van der Waals surface area (Å²) in [7, 11) is 0. The molecule has 0 spiro atoms. The topological polar surface area (TPSA) is 122 Å². The van der Waals surface area contributed by atoms with Crippen LogP contribution in [0.1, 0.15) is 17.3 Å². The van der Waals surface area contributed by atoms with Crippen LogP contribution < -0.4 is 98.1 Å². The second-order valence-corrected chi connectivity index (χ2v) is 7.14. The van der Waals surface area contributed by atoms with Crippen molar-refractivity contribution in [2.45, 2.75) is 6.92 Å². The maximum Gasteiger partial charge on any atom is 1.00 e. The number of hydrogen-bond acceptors (Lipinski definition) is 8. The Bertz CT molecular complexity index is 1540. The van der Waals surface area contributed by atoms with Crippen LogP contribution in [-0.2, 0) is 4.74 Å². The summed E-state index contributed by atoms with van der Waals surface area (Å²) in [4.78, 5) is 29.7. The van der Waals surface area contributed by atoms with Crippen LogP contribution in [0.3, 0.4) is 0 Å². The van der Waals surface area contributed by atoms with Gasteiger partial charge in [0.1, 0.15) is 11.4 Å². The van der Waals surface area contributed by atoms with E-state index in [2.05, 4.69) is 10.3 Å². The molecule has 10 heteroatoms. The molecule has 0 saturated carbocycles. The van der Waals surface area contributed by atoms with Crippen LogP contribution in [0.5, 0.6) is 11.5 Å². The van der Waals surface area contributed by atoms with Crippen LogP contribution in [0.2, 0.25) is 0 Å². The van der Waals surface area contributed by atoms with Crippen LogP contribution in [-0.4, -0.2) is 19.3 Å². The van der Waals surface area contributed by atoms with Gasteiger partial charge in [0.15, 0.2) is 16.9 Å². The zero-order chi connectivity index (χ0) is 22.9. The number of fused-ring (bicyclic) bond motifs is 2. The minimum Gasteiger partial charge on any atom is -0.613 e. The zero-order valence-electron chi connectivity index (χ0n) is 18.4. The van der Waals surface area contributed by atoms with E-state index >= 15 is 0 Å². The summed E-state index contributed by atoms with van der Waals surface area (Å²) < 4.78 is 21.4. The third kappa shape index (κ3) is 4.68. The van der Waals surface area contributed by atoms with Gasteiger partial charge in [0.2, 0.25) is 6.79 Å². The summed E-state index contributed by atoms with van der Waals surface area (Å²) in [5.41, 5.74) is -0.472. The fourth-order valence-corrected chi connectivity index (χ4v) is 3.48. The molecule has 166 valence electrons. The number of nitrogens with one attached hydrogen (secondary N) is 1. The fraction of sp³-hybridized carbons (Fsp3) is 0.125. The van der Waals surface area contributed by atoms with Crippen LogP contribution in [0.4, 0.5) is 5.69 Å². The number of carbonyl (C=O) groups is 1. The van der Waals surface area contributed by atoms with Gasteiger partial charge < -0.3 is 29.1 Å². The SMILES string of the molecule is CCO/C([O-])=c1\cc(NC(=O)c2ccccc2)c(=O)o\c1=C1\C=c2cc3c(cc2=N1)OCO3.[K+]. The molecule has 0 unspecified atom stereocenters. The normalized spacial score (nSPS) is 15.3. The van der Waals surface area contributed by atoms with Gasteiger partial charge in [0, 0.05) is 22.1 Å². The smallest absolute Gasteiger partial charge is 0.613 e. The molecule has 1 aromatic heterocycles. The van der Waals surface area contributed by atoms with E-state index < -0.39 is 17.5 Å². The molecule has 2 aromatic carbocycles. The quantitative estimate of drug-likeness (QED) is 0.379. The minimum atomic E-state index is -0.830. The van der Waals surface area contributed by atoms with Gasteiger partial charge in [-0.15, -0.1) is 0 Å².